The molecule has 0 saturated carbocycles. The summed E-state index contributed by atoms with van der Waals surface area (Å²) in [7, 11) is 0. The van der Waals surface area contributed by atoms with Crippen LogP contribution in [0.3, 0.4) is 0 Å². The van der Waals surface area contributed by atoms with Crippen molar-refractivity contribution in [1.29, 1.82) is 0 Å². The van der Waals surface area contributed by atoms with Gasteiger partial charge in [0.05, 0.1) is 11.1 Å². The number of hydrogen-bond acceptors (Lipinski definition) is 4. The largest absolute Gasteiger partial charge is 0.352 e. The second kappa shape index (κ2) is 16.0. The minimum Gasteiger partial charge on any atom is -0.352 e. The van der Waals surface area contributed by atoms with E-state index in [4.69, 9.17) is 11.6 Å². The van der Waals surface area contributed by atoms with Crippen LogP contribution in [0.5, 0.6) is 0 Å². The lowest BCUT2D eigenvalue weighted by molar-refractivity contribution is -0.133. The molecule has 2 fully saturated rings. The number of likely N-dealkylation sites (tertiary alicyclic amines) is 1. The fourth-order valence-electron chi connectivity index (χ4n) is 6.29. The third kappa shape index (κ3) is 9.03. The average Bonchev–Trinajstić information content (AvgIpc) is 3.19. The van der Waals surface area contributed by atoms with Gasteiger partial charge in [0.25, 0.3) is 5.91 Å². The Bertz CT molecular complexity index is 1300. The molecule has 2 aliphatic rings. The quantitative estimate of drug-likeness (QED) is 0.228. The van der Waals surface area contributed by atoms with E-state index in [-0.39, 0.29) is 29.8 Å². The van der Waals surface area contributed by atoms with Crippen molar-refractivity contribution in [2.24, 2.45) is 0 Å². The van der Waals surface area contributed by atoms with Gasteiger partial charge >= 0.3 is 0 Å². The van der Waals surface area contributed by atoms with Crippen LogP contribution >= 0.6 is 34.2 Å². The first-order valence-electron chi connectivity index (χ1n) is 15.6. The maximum atomic E-state index is 14.2. The molecule has 3 aromatic carbocycles. The number of nitrogens with zero attached hydrogens (tertiary/aromatic N) is 2. The van der Waals surface area contributed by atoms with Gasteiger partial charge in [0.15, 0.2) is 0 Å². The van der Waals surface area contributed by atoms with E-state index >= 15 is 0 Å². The van der Waals surface area contributed by atoms with Crippen molar-refractivity contribution >= 4 is 46.0 Å². The third-order valence-electron chi connectivity index (χ3n) is 8.74. The molecule has 8 heteroatoms. The SMILES string of the molecule is O=C(NCC[C@@H]1CCN(CC(c2ccccc2)c2ccccc2)C(=O)[C@H](CCN2CCCCC2)N1)c1ccc(Cl)c(I)c1. The number of carbonyl (C=O) groups excluding carboxylic acids is 2. The average molecular weight is 713 g/mol. The number of piperidine rings is 1. The van der Waals surface area contributed by atoms with Gasteiger partial charge in [0, 0.05) is 47.3 Å². The zero-order valence-corrected chi connectivity index (χ0v) is 27.6. The van der Waals surface area contributed by atoms with Gasteiger partial charge in [-0.1, -0.05) is 78.7 Å². The van der Waals surface area contributed by atoms with Gasteiger partial charge in [-0.15, -0.1) is 0 Å². The van der Waals surface area contributed by atoms with Gasteiger partial charge in [0.1, 0.15) is 0 Å². The van der Waals surface area contributed by atoms with Crippen molar-refractivity contribution in [3.05, 3.63) is 104 Å². The Hall–Kier alpha value is -2.46. The molecule has 2 aliphatic heterocycles. The Morgan fingerprint density at radius 2 is 1.60 bits per heavy atom. The van der Waals surface area contributed by atoms with Crippen molar-refractivity contribution in [3.8, 4) is 0 Å². The zero-order chi connectivity index (χ0) is 30.0. The molecular formula is C35H42ClIN4O2. The first kappa shape index (κ1) is 31.9. The molecule has 2 amide bonds. The molecule has 0 radical (unpaired) electrons. The van der Waals surface area contributed by atoms with Gasteiger partial charge in [-0.2, -0.15) is 0 Å². The van der Waals surface area contributed by atoms with E-state index in [0.29, 0.717) is 30.2 Å². The number of benzene rings is 3. The fraction of sp³-hybridized carbons (Fsp3) is 0.429. The molecule has 2 N–H and O–H groups in total. The van der Waals surface area contributed by atoms with E-state index in [1.165, 1.54) is 30.4 Å². The number of amides is 2. The van der Waals surface area contributed by atoms with Crippen LogP contribution < -0.4 is 10.6 Å². The normalized spacial score (nSPS) is 19.8. The van der Waals surface area contributed by atoms with E-state index < -0.39 is 0 Å². The Labute approximate surface area is 274 Å². The van der Waals surface area contributed by atoms with Crippen molar-refractivity contribution in [2.75, 3.05) is 39.3 Å². The molecule has 0 bridgehead atoms. The highest BCUT2D eigenvalue weighted by atomic mass is 127. The van der Waals surface area contributed by atoms with Gasteiger partial charge in [-0.05, 0) is 97.1 Å². The van der Waals surface area contributed by atoms with E-state index in [9.17, 15) is 9.59 Å². The van der Waals surface area contributed by atoms with E-state index in [0.717, 1.165) is 42.5 Å². The highest BCUT2D eigenvalue weighted by Crippen LogP contribution is 2.27. The summed E-state index contributed by atoms with van der Waals surface area (Å²) in [5.74, 6) is 0.194. The van der Waals surface area contributed by atoms with Crippen molar-refractivity contribution in [3.63, 3.8) is 0 Å². The number of rotatable bonds is 11. The molecule has 43 heavy (non-hydrogen) atoms. The first-order chi connectivity index (χ1) is 21.0. The summed E-state index contributed by atoms with van der Waals surface area (Å²) in [6.07, 6.45) is 6.18. The van der Waals surface area contributed by atoms with Gasteiger partial charge in [-0.25, -0.2) is 0 Å². The maximum absolute atomic E-state index is 14.2. The Morgan fingerprint density at radius 3 is 2.26 bits per heavy atom. The molecule has 0 aliphatic carbocycles. The lowest BCUT2D eigenvalue weighted by atomic mass is 9.90. The number of carbonyl (C=O) groups is 2. The lowest BCUT2D eigenvalue weighted by Gasteiger charge is -2.31. The molecule has 2 saturated heterocycles. The molecule has 228 valence electrons. The van der Waals surface area contributed by atoms with Crippen molar-refractivity contribution in [1.82, 2.24) is 20.4 Å². The second-order valence-electron chi connectivity index (χ2n) is 11.7. The predicted octanol–water partition coefficient (Wildman–Crippen LogP) is 6.33. The molecule has 2 heterocycles. The number of nitrogens with one attached hydrogen (secondary N) is 2. The number of hydrogen-bond donors (Lipinski definition) is 2. The summed E-state index contributed by atoms with van der Waals surface area (Å²) >= 11 is 8.28. The molecule has 0 unspecified atom stereocenters. The van der Waals surface area contributed by atoms with Gasteiger partial charge < -0.3 is 20.4 Å². The molecular weight excluding hydrogens is 671 g/mol. The molecule has 6 nitrogen and oxygen atoms in total. The van der Waals surface area contributed by atoms with Crippen LogP contribution in [-0.2, 0) is 4.79 Å². The van der Waals surface area contributed by atoms with E-state index in [1.807, 2.05) is 18.2 Å². The maximum Gasteiger partial charge on any atom is 0.251 e. The Morgan fingerprint density at radius 1 is 0.930 bits per heavy atom. The molecule has 5 rings (SSSR count). The van der Waals surface area contributed by atoms with Gasteiger partial charge in [-0.3, -0.25) is 9.59 Å². The molecule has 2 atom stereocenters. The van der Waals surface area contributed by atoms with E-state index in [1.54, 1.807) is 12.1 Å². The van der Waals surface area contributed by atoms with Crippen LogP contribution in [0.2, 0.25) is 5.02 Å². The zero-order valence-electron chi connectivity index (χ0n) is 24.7. The Balaban J connectivity index is 1.28. The first-order valence-corrected chi connectivity index (χ1v) is 17.0. The third-order valence-corrected chi connectivity index (χ3v) is 10.3. The fourth-order valence-corrected chi connectivity index (χ4v) is 6.92. The summed E-state index contributed by atoms with van der Waals surface area (Å²) in [4.78, 5) is 31.6. The summed E-state index contributed by atoms with van der Waals surface area (Å²) in [5, 5.41) is 7.45. The Kier molecular flexibility index (Phi) is 11.9. The summed E-state index contributed by atoms with van der Waals surface area (Å²) in [5.41, 5.74) is 3.05. The van der Waals surface area contributed by atoms with Crippen LogP contribution in [0.15, 0.2) is 78.9 Å². The van der Waals surface area contributed by atoms with Crippen LogP contribution in [0.4, 0.5) is 0 Å². The summed E-state index contributed by atoms with van der Waals surface area (Å²) in [6, 6.07) is 26.3. The molecule has 3 aromatic rings. The summed E-state index contributed by atoms with van der Waals surface area (Å²) < 4.78 is 0.858. The molecule has 0 aromatic heterocycles. The van der Waals surface area contributed by atoms with E-state index in [2.05, 4.69) is 91.6 Å². The monoisotopic (exact) mass is 712 g/mol. The van der Waals surface area contributed by atoms with Crippen molar-refractivity contribution in [2.45, 2.75) is 56.5 Å². The van der Waals surface area contributed by atoms with Crippen LogP contribution in [0.25, 0.3) is 0 Å². The summed E-state index contributed by atoms with van der Waals surface area (Å²) in [6.45, 7) is 5.04. The lowest BCUT2D eigenvalue weighted by Crippen LogP contribution is -2.48. The topological polar surface area (TPSA) is 64.7 Å². The molecule has 0 spiro atoms. The standard InChI is InChI=1S/C35H42ClIN4O2/c36-31-15-14-28(24-32(31)37)34(42)38-19-16-29-17-23-41(35(43)33(39-29)18-22-40-20-8-3-9-21-40)25-30(26-10-4-1-5-11-26)27-12-6-2-7-13-27/h1-2,4-7,10-15,24,29-30,33,39H,3,8-9,16-23,25H2,(H,38,42)/t29-,33+/m1/s1. The number of halogens is 2. The predicted molar refractivity (Wildman–Crippen MR) is 183 cm³/mol. The minimum atomic E-state index is -0.241. The highest BCUT2D eigenvalue weighted by molar-refractivity contribution is 14.1. The van der Waals surface area contributed by atoms with Crippen LogP contribution in [-0.4, -0.2) is 73.0 Å². The second-order valence-corrected chi connectivity index (χ2v) is 13.3. The minimum absolute atomic E-state index is 0.101. The van der Waals surface area contributed by atoms with Crippen LogP contribution in [0, 0.1) is 3.57 Å². The van der Waals surface area contributed by atoms with Gasteiger partial charge in [0.2, 0.25) is 5.91 Å². The van der Waals surface area contributed by atoms with Crippen molar-refractivity contribution < 1.29 is 9.59 Å². The highest BCUT2D eigenvalue weighted by Gasteiger charge is 2.33. The smallest absolute Gasteiger partial charge is 0.251 e. The van der Waals surface area contributed by atoms with Crippen LogP contribution in [0.1, 0.15) is 65.9 Å².